The van der Waals surface area contributed by atoms with E-state index in [1.807, 2.05) is 11.0 Å². The number of rotatable bonds is 4. The van der Waals surface area contributed by atoms with Crippen LogP contribution in [-0.2, 0) is 4.79 Å². The third-order valence-corrected chi connectivity index (χ3v) is 6.48. The molecule has 1 aromatic heterocycles. The van der Waals surface area contributed by atoms with E-state index < -0.39 is 5.82 Å². The van der Waals surface area contributed by atoms with Crippen LogP contribution in [0.4, 0.5) is 9.52 Å². The second-order valence-electron chi connectivity index (χ2n) is 7.30. The van der Waals surface area contributed by atoms with E-state index >= 15 is 0 Å². The van der Waals surface area contributed by atoms with Crippen molar-refractivity contribution in [1.82, 2.24) is 9.88 Å². The summed E-state index contributed by atoms with van der Waals surface area (Å²) in [5.41, 5.74) is 2.23. The molecule has 0 spiro atoms. The van der Waals surface area contributed by atoms with Crippen LogP contribution < -0.4 is 10.1 Å². The Kier molecular flexibility index (Phi) is 5.67. The molecule has 3 aromatic rings. The first kappa shape index (κ1) is 20.3. The van der Waals surface area contributed by atoms with Gasteiger partial charge in [0.2, 0.25) is 5.91 Å². The van der Waals surface area contributed by atoms with Gasteiger partial charge in [0, 0.05) is 25.6 Å². The summed E-state index contributed by atoms with van der Waals surface area (Å²) in [6.07, 6.45) is 1.77. The Morgan fingerprint density at radius 2 is 1.87 bits per heavy atom. The number of thiazole rings is 1. The molecule has 0 saturated carbocycles. The molecule has 0 atom stereocenters. The van der Waals surface area contributed by atoms with Gasteiger partial charge in [0.15, 0.2) is 5.13 Å². The lowest BCUT2D eigenvalue weighted by Crippen LogP contribution is -2.36. The van der Waals surface area contributed by atoms with Gasteiger partial charge in [-0.2, -0.15) is 0 Å². The van der Waals surface area contributed by atoms with Crippen molar-refractivity contribution >= 4 is 38.5 Å². The fraction of sp³-hybridized carbons (Fsp3) is 0.318. The van der Waals surface area contributed by atoms with Crippen LogP contribution in [0.2, 0.25) is 0 Å². The summed E-state index contributed by atoms with van der Waals surface area (Å²) < 4.78 is 19.6. The van der Waals surface area contributed by atoms with E-state index in [4.69, 9.17) is 4.74 Å². The first-order chi connectivity index (χ1) is 14.5. The van der Waals surface area contributed by atoms with Gasteiger partial charge >= 0.3 is 0 Å². The number of nitrogens with zero attached hydrogens (tertiary/aromatic N) is 2. The number of aromatic nitrogens is 1. The van der Waals surface area contributed by atoms with Gasteiger partial charge in [0.1, 0.15) is 17.1 Å². The van der Waals surface area contributed by atoms with E-state index in [1.54, 1.807) is 14.0 Å². The predicted octanol–water partition coefficient (Wildman–Crippen LogP) is 4.42. The highest BCUT2D eigenvalue weighted by molar-refractivity contribution is 7.22. The third kappa shape index (κ3) is 4.00. The van der Waals surface area contributed by atoms with Crippen molar-refractivity contribution in [2.24, 2.45) is 0 Å². The molecule has 156 valence electrons. The van der Waals surface area contributed by atoms with Crippen LogP contribution in [0.5, 0.6) is 5.75 Å². The summed E-state index contributed by atoms with van der Waals surface area (Å²) in [6.45, 7) is 3.08. The van der Waals surface area contributed by atoms with Gasteiger partial charge in [-0.25, -0.2) is 9.37 Å². The number of carbonyl (C=O) groups is 2. The topological polar surface area (TPSA) is 71.5 Å². The summed E-state index contributed by atoms with van der Waals surface area (Å²) in [7, 11) is 1.59. The van der Waals surface area contributed by atoms with Crippen LogP contribution in [0.15, 0.2) is 36.4 Å². The smallest absolute Gasteiger partial charge is 0.257 e. The molecule has 6 nitrogen and oxygen atoms in total. The Bertz CT molecular complexity index is 1090. The molecule has 1 N–H and O–H groups in total. The van der Waals surface area contributed by atoms with Gasteiger partial charge in [-0.15, -0.1) is 0 Å². The minimum atomic E-state index is -0.392. The van der Waals surface area contributed by atoms with Gasteiger partial charge in [0.25, 0.3) is 5.91 Å². The number of methoxy groups -OCH3 is 1. The normalized spacial score (nSPS) is 14.7. The fourth-order valence-electron chi connectivity index (χ4n) is 3.82. The fourth-order valence-corrected chi connectivity index (χ4v) is 4.89. The zero-order chi connectivity index (χ0) is 21.3. The second-order valence-corrected chi connectivity index (χ2v) is 8.29. The predicted molar refractivity (Wildman–Crippen MR) is 115 cm³/mol. The number of anilines is 1. The van der Waals surface area contributed by atoms with E-state index in [9.17, 15) is 14.0 Å². The van der Waals surface area contributed by atoms with E-state index in [0.29, 0.717) is 27.9 Å². The number of ether oxygens (including phenoxy) is 1. The number of halogens is 1. The highest BCUT2D eigenvalue weighted by Crippen LogP contribution is 2.41. The van der Waals surface area contributed by atoms with Crippen LogP contribution in [0.3, 0.4) is 0 Å². The molecule has 0 unspecified atom stereocenters. The van der Waals surface area contributed by atoms with Crippen LogP contribution >= 0.6 is 11.3 Å². The van der Waals surface area contributed by atoms with Crippen molar-refractivity contribution in [3.8, 4) is 5.75 Å². The number of piperidine rings is 1. The summed E-state index contributed by atoms with van der Waals surface area (Å²) in [5.74, 6) is 0.335. The molecule has 1 saturated heterocycles. The van der Waals surface area contributed by atoms with Gasteiger partial charge in [-0.3, -0.25) is 14.9 Å². The maximum absolute atomic E-state index is 13.1. The molecule has 4 rings (SSSR count). The van der Waals surface area contributed by atoms with E-state index in [1.165, 1.54) is 35.6 Å². The molecular formula is C22H22FN3O3S. The first-order valence-corrected chi connectivity index (χ1v) is 10.6. The van der Waals surface area contributed by atoms with Gasteiger partial charge in [-0.05, 0) is 54.7 Å². The van der Waals surface area contributed by atoms with Crippen molar-refractivity contribution in [2.45, 2.75) is 25.7 Å². The second kappa shape index (κ2) is 8.39. The van der Waals surface area contributed by atoms with Gasteiger partial charge in [0.05, 0.1) is 11.8 Å². The number of hydrogen-bond donors (Lipinski definition) is 1. The van der Waals surface area contributed by atoms with Crippen molar-refractivity contribution in [3.05, 3.63) is 53.3 Å². The quantitative estimate of drug-likeness (QED) is 0.669. The van der Waals surface area contributed by atoms with E-state index in [-0.39, 0.29) is 11.8 Å². The number of nitrogens with one attached hydrogen (secondary N) is 1. The molecule has 30 heavy (non-hydrogen) atoms. The molecule has 8 heteroatoms. The average Bonchev–Trinajstić information content (AvgIpc) is 3.17. The standard InChI is InChI=1S/C22H22FN3O3S/c1-13(27)26-11-9-14(10-12-26)17-7-8-18(29-2)19-20(17)30-22(24-19)25-21(28)15-3-5-16(23)6-4-15/h3-8,14H,9-12H2,1-2H3,(H,24,25,28). The summed E-state index contributed by atoms with van der Waals surface area (Å²) in [5, 5.41) is 3.27. The van der Waals surface area contributed by atoms with Crippen LogP contribution in [0, 0.1) is 5.82 Å². The number of hydrogen-bond acceptors (Lipinski definition) is 5. The van der Waals surface area contributed by atoms with Gasteiger partial charge < -0.3 is 9.64 Å². The molecule has 1 fully saturated rings. The zero-order valence-corrected chi connectivity index (χ0v) is 17.6. The highest BCUT2D eigenvalue weighted by Gasteiger charge is 2.25. The van der Waals surface area contributed by atoms with Crippen LogP contribution in [0.1, 0.15) is 41.6 Å². The summed E-state index contributed by atoms with van der Waals surface area (Å²) in [6, 6.07) is 9.34. The lowest BCUT2D eigenvalue weighted by molar-refractivity contribution is -0.129. The van der Waals surface area contributed by atoms with Crippen molar-refractivity contribution in [2.75, 3.05) is 25.5 Å². The molecule has 2 amide bonds. The largest absolute Gasteiger partial charge is 0.494 e. The van der Waals surface area contributed by atoms with Crippen LogP contribution in [-0.4, -0.2) is 41.9 Å². The Morgan fingerprint density at radius 3 is 2.50 bits per heavy atom. The first-order valence-electron chi connectivity index (χ1n) is 9.76. The molecule has 2 heterocycles. The van der Waals surface area contributed by atoms with E-state index in [0.717, 1.165) is 36.2 Å². The summed E-state index contributed by atoms with van der Waals surface area (Å²) >= 11 is 1.40. The lowest BCUT2D eigenvalue weighted by atomic mass is 9.89. The average molecular weight is 428 g/mol. The lowest BCUT2D eigenvalue weighted by Gasteiger charge is -2.31. The molecule has 0 aliphatic carbocycles. The number of benzene rings is 2. The summed E-state index contributed by atoms with van der Waals surface area (Å²) in [4.78, 5) is 30.6. The molecule has 1 aliphatic heterocycles. The Balaban J connectivity index is 1.62. The third-order valence-electron chi connectivity index (χ3n) is 5.46. The van der Waals surface area contributed by atoms with E-state index in [2.05, 4.69) is 16.4 Å². The Morgan fingerprint density at radius 1 is 1.17 bits per heavy atom. The highest BCUT2D eigenvalue weighted by atomic mass is 32.1. The maximum atomic E-state index is 13.1. The molecule has 0 radical (unpaired) electrons. The maximum Gasteiger partial charge on any atom is 0.257 e. The number of carbonyl (C=O) groups excluding carboxylic acids is 2. The Labute approximate surface area is 177 Å². The van der Waals surface area contributed by atoms with Crippen LogP contribution in [0.25, 0.3) is 10.2 Å². The number of fused-ring (bicyclic) bond motifs is 1. The molecule has 0 bridgehead atoms. The number of likely N-dealkylation sites (tertiary alicyclic amines) is 1. The molecular weight excluding hydrogens is 405 g/mol. The van der Waals surface area contributed by atoms with Crippen molar-refractivity contribution < 1.29 is 18.7 Å². The monoisotopic (exact) mass is 427 g/mol. The van der Waals surface area contributed by atoms with Crippen molar-refractivity contribution in [3.63, 3.8) is 0 Å². The molecule has 2 aromatic carbocycles. The zero-order valence-electron chi connectivity index (χ0n) is 16.8. The SMILES string of the molecule is COc1ccc(C2CCN(C(C)=O)CC2)c2sc(NC(=O)c3ccc(F)cc3)nc12. The number of amides is 2. The molecule has 1 aliphatic rings. The minimum Gasteiger partial charge on any atom is -0.494 e. The van der Waals surface area contributed by atoms with Crippen molar-refractivity contribution in [1.29, 1.82) is 0 Å². The Hall–Kier alpha value is -3.00. The van der Waals surface area contributed by atoms with Gasteiger partial charge in [-0.1, -0.05) is 17.4 Å². The minimum absolute atomic E-state index is 0.108.